The Morgan fingerprint density at radius 2 is 1.93 bits per heavy atom. The Bertz CT molecular complexity index is 323. The van der Waals surface area contributed by atoms with Crippen molar-refractivity contribution >= 4 is 0 Å². The van der Waals surface area contributed by atoms with Crippen LogP contribution < -0.4 is 0 Å². The lowest BCUT2D eigenvalue weighted by Crippen LogP contribution is -2.28. The number of hydrogen-bond acceptors (Lipinski definition) is 2. The van der Waals surface area contributed by atoms with E-state index in [9.17, 15) is 9.50 Å². The van der Waals surface area contributed by atoms with E-state index in [2.05, 4.69) is 4.90 Å². The maximum absolute atomic E-state index is 13.5. The van der Waals surface area contributed by atoms with Crippen LogP contribution in [0, 0.1) is 5.82 Å². The Kier molecular flexibility index (Phi) is 3.34. The Morgan fingerprint density at radius 1 is 1.27 bits per heavy atom. The third kappa shape index (κ3) is 2.19. The minimum Gasteiger partial charge on any atom is -0.394 e. The van der Waals surface area contributed by atoms with E-state index in [1.54, 1.807) is 12.1 Å². The zero-order valence-corrected chi connectivity index (χ0v) is 8.69. The van der Waals surface area contributed by atoms with Gasteiger partial charge in [-0.2, -0.15) is 0 Å². The van der Waals surface area contributed by atoms with E-state index in [1.807, 2.05) is 6.07 Å². The first-order valence-corrected chi connectivity index (χ1v) is 5.42. The van der Waals surface area contributed by atoms with Crippen LogP contribution in [0.3, 0.4) is 0 Å². The molecule has 0 aliphatic carbocycles. The summed E-state index contributed by atoms with van der Waals surface area (Å²) in [5.41, 5.74) is 0.613. The third-order valence-electron chi connectivity index (χ3n) is 3.02. The summed E-state index contributed by atoms with van der Waals surface area (Å²) in [5, 5.41) is 9.36. The van der Waals surface area contributed by atoms with Crippen molar-refractivity contribution in [2.45, 2.75) is 18.9 Å². The van der Waals surface area contributed by atoms with Gasteiger partial charge in [0.15, 0.2) is 0 Å². The van der Waals surface area contributed by atoms with Crippen LogP contribution >= 0.6 is 0 Å². The van der Waals surface area contributed by atoms with Crippen molar-refractivity contribution in [1.29, 1.82) is 0 Å². The summed E-state index contributed by atoms with van der Waals surface area (Å²) in [7, 11) is 0. The molecule has 1 aromatic carbocycles. The molecule has 2 nitrogen and oxygen atoms in total. The fourth-order valence-corrected chi connectivity index (χ4v) is 2.21. The van der Waals surface area contributed by atoms with E-state index >= 15 is 0 Å². The molecule has 1 fully saturated rings. The molecule has 1 aliphatic heterocycles. The van der Waals surface area contributed by atoms with E-state index in [-0.39, 0.29) is 18.5 Å². The molecule has 1 heterocycles. The SMILES string of the molecule is OCC(c1ccccc1F)N1CCCC1. The number of aliphatic hydroxyl groups is 1. The molecule has 1 aromatic rings. The van der Waals surface area contributed by atoms with Gasteiger partial charge < -0.3 is 5.11 Å². The Hall–Kier alpha value is -0.930. The second-order valence-corrected chi connectivity index (χ2v) is 3.96. The predicted octanol–water partition coefficient (Wildman–Crippen LogP) is 1.95. The van der Waals surface area contributed by atoms with Crippen LogP contribution in [-0.4, -0.2) is 29.7 Å². The predicted molar refractivity (Wildman–Crippen MR) is 57.0 cm³/mol. The molecule has 2 rings (SSSR count). The number of halogens is 1. The summed E-state index contributed by atoms with van der Waals surface area (Å²) in [6, 6.07) is 6.53. The monoisotopic (exact) mass is 209 g/mol. The summed E-state index contributed by atoms with van der Waals surface area (Å²) < 4.78 is 13.5. The van der Waals surface area contributed by atoms with Crippen LogP contribution in [0.1, 0.15) is 24.4 Å². The minimum atomic E-state index is -0.219. The van der Waals surface area contributed by atoms with E-state index < -0.39 is 0 Å². The van der Waals surface area contributed by atoms with Crippen molar-refractivity contribution in [3.05, 3.63) is 35.6 Å². The smallest absolute Gasteiger partial charge is 0.128 e. The van der Waals surface area contributed by atoms with E-state index in [0.29, 0.717) is 5.56 Å². The first-order valence-electron chi connectivity index (χ1n) is 5.42. The topological polar surface area (TPSA) is 23.5 Å². The minimum absolute atomic E-state index is 0.0130. The maximum Gasteiger partial charge on any atom is 0.128 e. The van der Waals surface area contributed by atoms with Gasteiger partial charge in [0.25, 0.3) is 0 Å². The molecule has 0 spiro atoms. The molecule has 0 bridgehead atoms. The van der Waals surface area contributed by atoms with Crippen molar-refractivity contribution in [3.8, 4) is 0 Å². The lowest BCUT2D eigenvalue weighted by Gasteiger charge is -2.26. The third-order valence-corrected chi connectivity index (χ3v) is 3.02. The highest BCUT2D eigenvalue weighted by Gasteiger charge is 2.24. The molecular formula is C12H16FNO. The van der Waals surface area contributed by atoms with Gasteiger partial charge in [-0.15, -0.1) is 0 Å². The Morgan fingerprint density at radius 3 is 2.53 bits per heavy atom. The van der Waals surface area contributed by atoms with Crippen LogP contribution in [0.25, 0.3) is 0 Å². The molecule has 0 aromatic heterocycles. The van der Waals surface area contributed by atoms with Gasteiger partial charge in [0, 0.05) is 5.56 Å². The number of nitrogens with zero attached hydrogens (tertiary/aromatic N) is 1. The first-order chi connectivity index (χ1) is 7.33. The van der Waals surface area contributed by atoms with Crippen molar-refractivity contribution < 1.29 is 9.50 Å². The normalized spacial score (nSPS) is 19.3. The number of benzene rings is 1. The summed E-state index contributed by atoms with van der Waals surface area (Å²) >= 11 is 0. The molecule has 3 heteroatoms. The highest BCUT2D eigenvalue weighted by atomic mass is 19.1. The first kappa shape index (κ1) is 10.6. The zero-order chi connectivity index (χ0) is 10.7. The van der Waals surface area contributed by atoms with Gasteiger partial charge >= 0.3 is 0 Å². The van der Waals surface area contributed by atoms with E-state index in [4.69, 9.17) is 0 Å². The Balaban J connectivity index is 2.22. The summed E-state index contributed by atoms with van der Waals surface area (Å²) in [6.07, 6.45) is 2.29. The number of likely N-dealkylation sites (tertiary alicyclic amines) is 1. The molecule has 0 saturated carbocycles. The highest BCUT2D eigenvalue weighted by Crippen LogP contribution is 2.26. The molecule has 1 unspecified atom stereocenters. The van der Waals surface area contributed by atoms with Gasteiger partial charge in [-0.25, -0.2) is 4.39 Å². The number of rotatable bonds is 3. The van der Waals surface area contributed by atoms with Crippen LogP contribution in [0.5, 0.6) is 0 Å². The highest BCUT2D eigenvalue weighted by molar-refractivity contribution is 5.21. The van der Waals surface area contributed by atoms with Crippen LogP contribution in [-0.2, 0) is 0 Å². The molecule has 82 valence electrons. The van der Waals surface area contributed by atoms with Gasteiger partial charge in [-0.05, 0) is 32.0 Å². The van der Waals surface area contributed by atoms with Crippen molar-refractivity contribution in [2.24, 2.45) is 0 Å². The van der Waals surface area contributed by atoms with Crippen molar-refractivity contribution in [3.63, 3.8) is 0 Å². The van der Waals surface area contributed by atoms with E-state index in [0.717, 1.165) is 25.9 Å². The summed E-state index contributed by atoms with van der Waals surface area (Å²) in [6.45, 7) is 1.90. The van der Waals surface area contributed by atoms with Gasteiger partial charge in [-0.3, -0.25) is 4.90 Å². The van der Waals surface area contributed by atoms with Crippen LogP contribution in [0.4, 0.5) is 4.39 Å². The molecule has 1 atom stereocenters. The maximum atomic E-state index is 13.5. The fraction of sp³-hybridized carbons (Fsp3) is 0.500. The summed E-state index contributed by atoms with van der Waals surface area (Å²) in [4.78, 5) is 2.15. The van der Waals surface area contributed by atoms with E-state index in [1.165, 1.54) is 6.07 Å². The molecule has 15 heavy (non-hydrogen) atoms. The fourth-order valence-electron chi connectivity index (χ4n) is 2.21. The average molecular weight is 209 g/mol. The van der Waals surface area contributed by atoms with Crippen LogP contribution in [0.15, 0.2) is 24.3 Å². The number of aliphatic hydroxyl groups excluding tert-OH is 1. The number of hydrogen-bond donors (Lipinski definition) is 1. The molecule has 1 N–H and O–H groups in total. The zero-order valence-electron chi connectivity index (χ0n) is 8.69. The average Bonchev–Trinajstić information content (AvgIpc) is 2.75. The quantitative estimate of drug-likeness (QED) is 0.822. The molecule has 1 saturated heterocycles. The largest absolute Gasteiger partial charge is 0.394 e. The Labute approximate surface area is 89.3 Å². The molecule has 0 radical (unpaired) electrons. The van der Waals surface area contributed by atoms with Crippen molar-refractivity contribution in [1.82, 2.24) is 4.90 Å². The van der Waals surface area contributed by atoms with Gasteiger partial charge in [0.05, 0.1) is 12.6 Å². The van der Waals surface area contributed by atoms with Gasteiger partial charge in [0.1, 0.15) is 5.82 Å². The second-order valence-electron chi connectivity index (χ2n) is 3.96. The molecule has 0 amide bonds. The summed E-state index contributed by atoms with van der Waals surface area (Å²) in [5.74, 6) is -0.219. The lowest BCUT2D eigenvalue weighted by molar-refractivity contribution is 0.144. The molecule has 1 aliphatic rings. The lowest BCUT2D eigenvalue weighted by atomic mass is 10.1. The standard InChI is InChI=1S/C12H16FNO/c13-11-6-2-1-5-10(11)12(9-15)14-7-3-4-8-14/h1-2,5-6,12,15H,3-4,7-9H2. The van der Waals surface area contributed by atoms with Crippen LogP contribution in [0.2, 0.25) is 0 Å². The van der Waals surface area contributed by atoms with Crippen molar-refractivity contribution in [2.75, 3.05) is 19.7 Å². The molecular weight excluding hydrogens is 193 g/mol. The van der Waals surface area contributed by atoms with Gasteiger partial charge in [-0.1, -0.05) is 18.2 Å². The van der Waals surface area contributed by atoms with Gasteiger partial charge in [0.2, 0.25) is 0 Å². The second kappa shape index (κ2) is 4.73.